The smallest absolute Gasteiger partial charge is 0.0741 e. The normalized spacial score (nSPS) is 14.5. The molecule has 2 heteroatoms. The summed E-state index contributed by atoms with van der Waals surface area (Å²) in [7, 11) is 0. The average Bonchev–Trinajstić information content (AvgIpc) is 2.44. The van der Waals surface area contributed by atoms with Crippen molar-refractivity contribution in [2.45, 2.75) is 32.9 Å². The van der Waals surface area contributed by atoms with Gasteiger partial charge < -0.3 is 10.1 Å². The second-order valence-electron chi connectivity index (χ2n) is 4.76. The Labute approximate surface area is 115 Å². The minimum atomic E-state index is 0.163. The summed E-state index contributed by atoms with van der Waals surface area (Å²) >= 11 is 0. The van der Waals surface area contributed by atoms with E-state index in [1.165, 1.54) is 16.3 Å². The van der Waals surface area contributed by atoms with Crippen molar-refractivity contribution in [3.05, 3.63) is 48.0 Å². The summed E-state index contributed by atoms with van der Waals surface area (Å²) in [5, 5.41) is 6.14. The molecule has 2 nitrogen and oxygen atoms in total. The third kappa shape index (κ3) is 3.14. The highest BCUT2D eigenvalue weighted by Crippen LogP contribution is 2.27. The van der Waals surface area contributed by atoms with Gasteiger partial charge in [-0.2, -0.15) is 0 Å². The number of hydrogen-bond acceptors (Lipinski definition) is 2. The molecule has 19 heavy (non-hydrogen) atoms. The summed E-state index contributed by atoms with van der Waals surface area (Å²) in [6, 6.07) is 15.2. The molecule has 2 atom stereocenters. The summed E-state index contributed by atoms with van der Waals surface area (Å²) in [5.74, 6) is 0. The first-order chi connectivity index (χ1) is 9.27. The standard InChI is InChI=1S/C17H23NO/c1-4-18-17(13(3)19-5-2)16-12-8-10-14-9-6-7-11-15(14)16/h6-13,17-18H,4-5H2,1-3H3. The van der Waals surface area contributed by atoms with Crippen LogP contribution < -0.4 is 5.32 Å². The van der Waals surface area contributed by atoms with Gasteiger partial charge in [-0.1, -0.05) is 49.4 Å². The highest BCUT2D eigenvalue weighted by molar-refractivity contribution is 5.86. The van der Waals surface area contributed by atoms with Crippen molar-refractivity contribution in [1.29, 1.82) is 0 Å². The third-order valence-corrected chi connectivity index (χ3v) is 3.48. The van der Waals surface area contributed by atoms with Gasteiger partial charge in [0, 0.05) is 6.61 Å². The molecular formula is C17H23NO. The number of hydrogen-bond donors (Lipinski definition) is 1. The summed E-state index contributed by atoms with van der Waals surface area (Å²) in [6.07, 6.45) is 0.163. The summed E-state index contributed by atoms with van der Waals surface area (Å²) in [4.78, 5) is 0. The minimum Gasteiger partial charge on any atom is -0.377 e. The van der Waals surface area contributed by atoms with Crippen molar-refractivity contribution >= 4 is 10.8 Å². The lowest BCUT2D eigenvalue weighted by Gasteiger charge is -2.26. The molecule has 0 heterocycles. The molecule has 0 amide bonds. The fourth-order valence-electron chi connectivity index (χ4n) is 2.63. The van der Waals surface area contributed by atoms with Crippen LogP contribution in [0.25, 0.3) is 10.8 Å². The van der Waals surface area contributed by atoms with E-state index < -0.39 is 0 Å². The van der Waals surface area contributed by atoms with E-state index in [-0.39, 0.29) is 12.1 Å². The van der Waals surface area contributed by atoms with Gasteiger partial charge in [0.2, 0.25) is 0 Å². The van der Waals surface area contributed by atoms with Crippen molar-refractivity contribution < 1.29 is 4.74 Å². The average molecular weight is 257 g/mol. The molecular weight excluding hydrogens is 234 g/mol. The number of nitrogens with one attached hydrogen (secondary N) is 1. The first kappa shape index (κ1) is 14.0. The molecule has 1 N–H and O–H groups in total. The molecule has 0 aliphatic rings. The van der Waals surface area contributed by atoms with Gasteiger partial charge in [-0.15, -0.1) is 0 Å². The van der Waals surface area contributed by atoms with Crippen molar-refractivity contribution in [3.63, 3.8) is 0 Å². The molecule has 0 aromatic heterocycles. The van der Waals surface area contributed by atoms with Gasteiger partial charge in [-0.05, 0) is 36.7 Å². The van der Waals surface area contributed by atoms with Crippen molar-refractivity contribution in [2.75, 3.05) is 13.2 Å². The van der Waals surface area contributed by atoms with Crippen LogP contribution >= 0.6 is 0 Å². The molecule has 2 aromatic carbocycles. The van der Waals surface area contributed by atoms with E-state index in [9.17, 15) is 0 Å². The number of fused-ring (bicyclic) bond motifs is 1. The highest BCUT2D eigenvalue weighted by Gasteiger charge is 2.20. The Hall–Kier alpha value is -1.38. The van der Waals surface area contributed by atoms with Gasteiger partial charge in [-0.25, -0.2) is 0 Å². The molecule has 0 aliphatic heterocycles. The van der Waals surface area contributed by atoms with Gasteiger partial charge in [-0.3, -0.25) is 0 Å². The maximum atomic E-state index is 5.80. The maximum absolute atomic E-state index is 5.80. The summed E-state index contributed by atoms with van der Waals surface area (Å²) in [5.41, 5.74) is 1.32. The van der Waals surface area contributed by atoms with E-state index in [4.69, 9.17) is 4.74 Å². The molecule has 0 bridgehead atoms. The van der Waals surface area contributed by atoms with Crippen LogP contribution in [0.3, 0.4) is 0 Å². The van der Waals surface area contributed by atoms with Crippen molar-refractivity contribution in [2.24, 2.45) is 0 Å². The summed E-state index contributed by atoms with van der Waals surface area (Å²) < 4.78 is 5.80. The first-order valence-corrected chi connectivity index (χ1v) is 7.10. The molecule has 2 rings (SSSR count). The molecule has 2 unspecified atom stereocenters. The highest BCUT2D eigenvalue weighted by atomic mass is 16.5. The Bertz CT molecular complexity index is 518. The SMILES string of the molecule is CCNC(c1cccc2ccccc12)C(C)OCC. The number of likely N-dealkylation sites (N-methyl/N-ethyl adjacent to an activating group) is 1. The quantitative estimate of drug-likeness (QED) is 0.847. The van der Waals surface area contributed by atoms with E-state index in [1.54, 1.807) is 0 Å². The zero-order chi connectivity index (χ0) is 13.7. The predicted octanol–water partition coefficient (Wildman–Crippen LogP) is 3.92. The largest absolute Gasteiger partial charge is 0.377 e. The molecule has 102 valence electrons. The molecule has 2 aromatic rings. The maximum Gasteiger partial charge on any atom is 0.0741 e. The van der Waals surface area contributed by atoms with Gasteiger partial charge >= 0.3 is 0 Å². The minimum absolute atomic E-state index is 0.163. The van der Waals surface area contributed by atoms with E-state index in [0.717, 1.165) is 13.2 Å². The lowest BCUT2D eigenvalue weighted by Crippen LogP contribution is -2.32. The van der Waals surface area contributed by atoms with Crippen molar-refractivity contribution in [3.8, 4) is 0 Å². The molecule has 0 fully saturated rings. The molecule has 0 saturated carbocycles. The van der Waals surface area contributed by atoms with Crippen LogP contribution in [0, 0.1) is 0 Å². The molecule has 0 spiro atoms. The zero-order valence-electron chi connectivity index (χ0n) is 12.0. The van der Waals surface area contributed by atoms with E-state index in [1.807, 2.05) is 6.92 Å². The van der Waals surface area contributed by atoms with E-state index in [2.05, 4.69) is 61.6 Å². The van der Waals surface area contributed by atoms with Gasteiger partial charge in [0.15, 0.2) is 0 Å². The Morgan fingerprint density at radius 2 is 1.79 bits per heavy atom. The van der Waals surface area contributed by atoms with Crippen LogP contribution in [0.4, 0.5) is 0 Å². The summed E-state index contributed by atoms with van der Waals surface area (Å²) in [6.45, 7) is 8.00. The Morgan fingerprint density at radius 3 is 2.53 bits per heavy atom. The first-order valence-electron chi connectivity index (χ1n) is 7.10. The number of rotatable bonds is 6. The van der Waals surface area contributed by atoms with Gasteiger partial charge in [0.25, 0.3) is 0 Å². The van der Waals surface area contributed by atoms with Crippen LogP contribution in [-0.4, -0.2) is 19.3 Å². The van der Waals surface area contributed by atoms with Crippen molar-refractivity contribution in [1.82, 2.24) is 5.32 Å². The number of ether oxygens (including phenoxy) is 1. The fraction of sp³-hybridized carbons (Fsp3) is 0.412. The lowest BCUT2D eigenvalue weighted by molar-refractivity contribution is 0.0480. The lowest BCUT2D eigenvalue weighted by atomic mass is 9.95. The van der Waals surface area contributed by atoms with E-state index >= 15 is 0 Å². The molecule has 0 saturated heterocycles. The Kier molecular flexibility index (Phi) is 4.94. The van der Waals surface area contributed by atoms with Crippen LogP contribution in [0.2, 0.25) is 0 Å². The second kappa shape index (κ2) is 6.69. The van der Waals surface area contributed by atoms with Crippen LogP contribution in [0.1, 0.15) is 32.4 Å². The van der Waals surface area contributed by atoms with Crippen LogP contribution in [0.15, 0.2) is 42.5 Å². The van der Waals surface area contributed by atoms with Gasteiger partial charge in [0.1, 0.15) is 0 Å². The predicted molar refractivity (Wildman–Crippen MR) is 81.5 cm³/mol. The third-order valence-electron chi connectivity index (χ3n) is 3.48. The fourth-order valence-corrected chi connectivity index (χ4v) is 2.63. The monoisotopic (exact) mass is 257 g/mol. The van der Waals surface area contributed by atoms with Crippen LogP contribution in [0.5, 0.6) is 0 Å². The molecule has 0 aliphatic carbocycles. The Balaban J connectivity index is 2.43. The Morgan fingerprint density at radius 1 is 1.05 bits per heavy atom. The molecule has 0 radical (unpaired) electrons. The van der Waals surface area contributed by atoms with Gasteiger partial charge in [0.05, 0.1) is 12.1 Å². The van der Waals surface area contributed by atoms with E-state index in [0.29, 0.717) is 0 Å². The topological polar surface area (TPSA) is 21.3 Å². The zero-order valence-corrected chi connectivity index (χ0v) is 12.0. The number of benzene rings is 2. The van der Waals surface area contributed by atoms with Crippen LogP contribution in [-0.2, 0) is 4.74 Å². The second-order valence-corrected chi connectivity index (χ2v) is 4.76.